The first-order valence-electron chi connectivity index (χ1n) is 6.31. The van der Waals surface area contributed by atoms with Crippen LogP contribution in [0.3, 0.4) is 0 Å². The number of nitrogens with two attached hydrogens (primary N) is 2. The lowest BCUT2D eigenvalue weighted by Gasteiger charge is -2.38. The molecule has 4 N–H and O–H groups in total. The number of carbonyl (C=O) groups excluding carboxylic acids is 1. The number of hydrogen-bond donors (Lipinski definition) is 2. The van der Waals surface area contributed by atoms with E-state index in [2.05, 4.69) is 16.8 Å². The summed E-state index contributed by atoms with van der Waals surface area (Å²) in [4.78, 5) is 18.0. The highest BCUT2D eigenvalue weighted by molar-refractivity contribution is 7.80. The zero-order valence-electron chi connectivity index (χ0n) is 10.9. The predicted molar refractivity (Wildman–Crippen MR) is 78.9 cm³/mol. The predicted octanol–water partition coefficient (Wildman–Crippen LogP) is 0.806. The van der Waals surface area contributed by atoms with Gasteiger partial charge in [-0.15, -0.1) is 0 Å². The summed E-state index contributed by atoms with van der Waals surface area (Å²) in [7, 11) is 0. The average molecular weight is 278 g/mol. The molecule has 5 nitrogen and oxygen atoms in total. The Bertz CT molecular complexity index is 488. The van der Waals surface area contributed by atoms with Crippen molar-refractivity contribution in [2.75, 3.05) is 11.4 Å². The number of thiocarbonyl (C=S) groups is 1. The van der Waals surface area contributed by atoms with Gasteiger partial charge in [0.15, 0.2) is 0 Å². The molecule has 1 aliphatic heterocycles. The lowest BCUT2D eigenvalue weighted by Crippen LogP contribution is -2.46. The summed E-state index contributed by atoms with van der Waals surface area (Å²) in [6.07, 6.45) is 3.55. The summed E-state index contributed by atoms with van der Waals surface area (Å²) < 4.78 is 0. The van der Waals surface area contributed by atoms with Crippen LogP contribution < -0.4 is 16.4 Å². The molecule has 1 aromatic heterocycles. The lowest BCUT2D eigenvalue weighted by atomic mass is 9.92. The van der Waals surface area contributed by atoms with Gasteiger partial charge in [0.25, 0.3) is 0 Å². The van der Waals surface area contributed by atoms with E-state index >= 15 is 0 Å². The molecule has 0 bridgehead atoms. The van der Waals surface area contributed by atoms with Crippen LogP contribution in [0.25, 0.3) is 0 Å². The van der Waals surface area contributed by atoms with E-state index in [-0.39, 0.29) is 16.8 Å². The van der Waals surface area contributed by atoms with Crippen LogP contribution in [0.4, 0.5) is 5.69 Å². The topological polar surface area (TPSA) is 85.2 Å². The molecule has 0 spiro atoms. The van der Waals surface area contributed by atoms with Gasteiger partial charge in [-0.05, 0) is 31.9 Å². The molecule has 1 aromatic rings. The van der Waals surface area contributed by atoms with Crippen molar-refractivity contribution in [3.8, 4) is 0 Å². The number of nitrogens with zero attached hydrogens (tertiary/aromatic N) is 2. The SMILES string of the molecule is CC1CCC(C(N)=O)CN1c1ccc(C(N)=S)nc1. The number of carbonyl (C=O) groups is 1. The molecule has 0 radical (unpaired) electrons. The van der Waals surface area contributed by atoms with Gasteiger partial charge < -0.3 is 16.4 Å². The second-order valence-electron chi connectivity index (χ2n) is 4.94. The van der Waals surface area contributed by atoms with Crippen molar-refractivity contribution in [3.05, 3.63) is 24.0 Å². The quantitative estimate of drug-likeness (QED) is 0.799. The van der Waals surface area contributed by atoms with Crippen LogP contribution in [-0.4, -0.2) is 28.5 Å². The molecule has 19 heavy (non-hydrogen) atoms. The van der Waals surface area contributed by atoms with Crippen LogP contribution >= 0.6 is 12.2 Å². The number of piperidine rings is 1. The van der Waals surface area contributed by atoms with Gasteiger partial charge in [-0.1, -0.05) is 12.2 Å². The highest BCUT2D eigenvalue weighted by Crippen LogP contribution is 2.27. The molecule has 2 heterocycles. The zero-order chi connectivity index (χ0) is 14.0. The molecule has 0 aliphatic carbocycles. The molecule has 1 aliphatic rings. The first kappa shape index (κ1) is 13.7. The van der Waals surface area contributed by atoms with E-state index in [0.29, 0.717) is 18.3 Å². The highest BCUT2D eigenvalue weighted by Gasteiger charge is 2.28. The van der Waals surface area contributed by atoms with Crippen molar-refractivity contribution in [2.45, 2.75) is 25.8 Å². The number of anilines is 1. The smallest absolute Gasteiger partial charge is 0.222 e. The lowest BCUT2D eigenvalue weighted by molar-refractivity contribution is -0.122. The third-order valence-corrected chi connectivity index (χ3v) is 3.83. The largest absolute Gasteiger partial charge is 0.388 e. The maximum Gasteiger partial charge on any atom is 0.222 e. The van der Waals surface area contributed by atoms with Crippen LogP contribution in [0.5, 0.6) is 0 Å². The summed E-state index contributed by atoms with van der Waals surface area (Å²) in [6.45, 7) is 2.78. The van der Waals surface area contributed by atoms with Crippen molar-refractivity contribution >= 4 is 28.8 Å². The number of rotatable bonds is 3. The molecule has 102 valence electrons. The van der Waals surface area contributed by atoms with Crippen LogP contribution in [-0.2, 0) is 4.79 Å². The Kier molecular flexibility index (Phi) is 3.99. The Morgan fingerprint density at radius 2 is 2.16 bits per heavy atom. The molecule has 1 fully saturated rings. The van der Waals surface area contributed by atoms with E-state index in [1.165, 1.54) is 0 Å². The van der Waals surface area contributed by atoms with E-state index < -0.39 is 0 Å². The maximum absolute atomic E-state index is 11.3. The molecule has 0 saturated carbocycles. The van der Waals surface area contributed by atoms with E-state index in [1.54, 1.807) is 12.3 Å². The summed E-state index contributed by atoms with van der Waals surface area (Å²) in [5.74, 6) is -0.323. The van der Waals surface area contributed by atoms with E-state index in [9.17, 15) is 4.79 Å². The number of pyridine rings is 1. The van der Waals surface area contributed by atoms with Gasteiger partial charge in [-0.2, -0.15) is 0 Å². The van der Waals surface area contributed by atoms with Gasteiger partial charge in [-0.3, -0.25) is 9.78 Å². The molecular weight excluding hydrogens is 260 g/mol. The maximum atomic E-state index is 11.3. The Morgan fingerprint density at radius 3 is 2.68 bits per heavy atom. The van der Waals surface area contributed by atoms with Gasteiger partial charge in [0.1, 0.15) is 4.99 Å². The third-order valence-electron chi connectivity index (χ3n) is 3.62. The van der Waals surface area contributed by atoms with Gasteiger partial charge in [0, 0.05) is 12.6 Å². The van der Waals surface area contributed by atoms with Crippen LogP contribution in [0, 0.1) is 5.92 Å². The second-order valence-corrected chi connectivity index (χ2v) is 5.38. The Balaban J connectivity index is 2.18. The molecule has 2 rings (SSSR count). The zero-order valence-corrected chi connectivity index (χ0v) is 11.7. The molecular formula is C13H18N4OS. The first-order valence-corrected chi connectivity index (χ1v) is 6.71. The normalized spacial score (nSPS) is 23.1. The van der Waals surface area contributed by atoms with Crippen molar-refractivity contribution in [1.29, 1.82) is 0 Å². The second kappa shape index (κ2) is 5.52. The van der Waals surface area contributed by atoms with Gasteiger partial charge >= 0.3 is 0 Å². The van der Waals surface area contributed by atoms with Crippen LogP contribution in [0.2, 0.25) is 0 Å². The Morgan fingerprint density at radius 1 is 1.42 bits per heavy atom. The van der Waals surface area contributed by atoms with Crippen molar-refractivity contribution in [3.63, 3.8) is 0 Å². The average Bonchev–Trinajstić information content (AvgIpc) is 2.39. The van der Waals surface area contributed by atoms with Gasteiger partial charge in [-0.25, -0.2) is 0 Å². The van der Waals surface area contributed by atoms with E-state index in [4.69, 9.17) is 23.7 Å². The highest BCUT2D eigenvalue weighted by atomic mass is 32.1. The number of hydrogen-bond acceptors (Lipinski definition) is 4. The minimum atomic E-state index is -0.232. The molecule has 0 aromatic carbocycles. The fourth-order valence-electron chi connectivity index (χ4n) is 2.40. The van der Waals surface area contributed by atoms with Crippen molar-refractivity contribution in [1.82, 2.24) is 4.98 Å². The molecule has 2 atom stereocenters. The Hall–Kier alpha value is -1.69. The monoisotopic (exact) mass is 278 g/mol. The third kappa shape index (κ3) is 3.01. The minimum Gasteiger partial charge on any atom is -0.388 e. The number of aromatic nitrogens is 1. The van der Waals surface area contributed by atoms with Crippen molar-refractivity contribution < 1.29 is 4.79 Å². The first-order chi connectivity index (χ1) is 8.99. The summed E-state index contributed by atoms with van der Waals surface area (Å²) in [5, 5.41) is 0. The van der Waals surface area contributed by atoms with Crippen LogP contribution in [0.15, 0.2) is 18.3 Å². The minimum absolute atomic E-state index is 0.0912. The number of primary amides is 1. The molecule has 1 saturated heterocycles. The molecule has 6 heteroatoms. The standard InChI is InChI=1S/C13H18N4OS/c1-8-2-3-9(12(14)18)7-17(8)10-4-5-11(13(15)19)16-6-10/h4-6,8-9H,2-3,7H2,1H3,(H2,14,18)(H2,15,19). The summed E-state index contributed by atoms with van der Waals surface area (Å²) >= 11 is 4.88. The summed E-state index contributed by atoms with van der Waals surface area (Å²) in [6, 6.07) is 4.10. The number of amides is 1. The fourth-order valence-corrected chi connectivity index (χ4v) is 2.52. The van der Waals surface area contributed by atoms with E-state index in [1.807, 2.05) is 6.07 Å². The molecule has 1 amide bonds. The molecule has 2 unspecified atom stereocenters. The summed E-state index contributed by atoms with van der Waals surface area (Å²) in [5.41, 5.74) is 12.5. The van der Waals surface area contributed by atoms with Crippen LogP contribution in [0.1, 0.15) is 25.5 Å². The van der Waals surface area contributed by atoms with Crippen molar-refractivity contribution in [2.24, 2.45) is 17.4 Å². The Labute approximate surface area is 118 Å². The van der Waals surface area contributed by atoms with Gasteiger partial charge in [0.05, 0.1) is 23.5 Å². The van der Waals surface area contributed by atoms with Gasteiger partial charge in [0.2, 0.25) is 5.91 Å². The van der Waals surface area contributed by atoms with E-state index in [0.717, 1.165) is 18.5 Å². The fraction of sp³-hybridized carbons (Fsp3) is 0.462.